The summed E-state index contributed by atoms with van der Waals surface area (Å²) in [6.07, 6.45) is -0.990. The average Bonchev–Trinajstić information content (AvgIpc) is 3.15. The molecule has 1 atom stereocenters. The zero-order valence-corrected chi connectivity index (χ0v) is 17.9. The molecule has 1 aromatic heterocycles. The van der Waals surface area contributed by atoms with Gasteiger partial charge in [-0.1, -0.05) is 12.1 Å². The topological polar surface area (TPSA) is 89.5 Å². The second kappa shape index (κ2) is 10.1. The van der Waals surface area contributed by atoms with Crippen LogP contribution in [0.4, 0.5) is 0 Å². The zero-order chi connectivity index (χ0) is 21.6. The number of hydrogen-bond acceptors (Lipinski definition) is 6. The van der Waals surface area contributed by atoms with Gasteiger partial charge in [-0.15, -0.1) is 11.3 Å². The van der Waals surface area contributed by atoms with Crippen LogP contribution in [-0.4, -0.2) is 29.5 Å². The van der Waals surface area contributed by atoms with Crippen LogP contribution in [0.25, 0.3) is 0 Å². The third kappa shape index (κ3) is 6.64. The first-order valence-corrected chi connectivity index (χ1v) is 10.2. The highest BCUT2D eigenvalue weighted by Crippen LogP contribution is 2.19. The van der Waals surface area contributed by atoms with Crippen LogP contribution in [-0.2, 0) is 20.9 Å². The number of ketones is 2. The van der Waals surface area contributed by atoms with Crippen LogP contribution in [0.15, 0.2) is 30.3 Å². The molecule has 0 aliphatic carbocycles. The summed E-state index contributed by atoms with van der Waals surface area (Å²) in [6.45, 7) is 7.18. The molecule has 0 fully saturated rings. The molecule has 1 unspecified atom stereocenters. The van der Waals surface area contributed by atoms with E-state index in [0.717, 1.165) is 16.0 Å². The molecule has 154 valence electrons. The Morgan fingerprint density at radius 3 is 2.41 bits per heavy atom. The van der Waals surface area contributed by atoms with E-state index in [1.807, 2.05) is 26.0 Å². The largest absolute Gasteiger partial charge is 0.454 e. The second-order valence-corrected chi connectivity index (χ2v) is 8.06. The number of Topliss-reactive ketones (excluding diaryl/α,β-unsaturated/α-hetero) is 2. The molecule has 1 heterocycles. The van der Waals surface area contributed by atoms with E-state index in [0.29, 0.717) is 17.0 Å². The average molecular weight is 416 g/mol. The van der Waals surface area contributed by atoms with Gasteiger partial charge >= 0.3 is 5.97 Å². The molecule has 1 N–H and O–H groups in total. The molecule has 0 bridgehead atoms. The summed E-state index contributed by atoms with van der Waals surface area (Å²) < 4.78 is 5.20. The highest BCUT2D eigenvalue weighted by molar-refractivity contribution is 7.14. The fourth-order valence-corrected chi connectivity index (χ4v) is 3.57. The van der Waals surface area contributed by atoms with Gasteiger partial charge in [-0.3, -0.25) is 19.2 Å². The molecular formula is C22H25NO5S. The molecule has 0 radical (unpaired) electrons. The summed E-state index contributed by atoms with van der Waals surface area (Å²) in [5, 5.41) is 2.67. The van der Waals surface area contributed by atoms with E-state index in [1.165, 1.54) is 25.2 Å². The Hall–Kier alpha value is -2.80. The molecule has 6 nitrogen and oxygen atoms in total. The molecule has 0 aliphatic rings. The Kier molecular flexibility index (Phi) is 7.84. The SMILES string of the molecule is CC(=O)NCc1ccc(C(=O)C(C)OC(=O)CCC(=O)c2ccc(C)c(C)c2)s1. The van der Waals surface area contributed by atoms with Crippen molar-refractivity contribution in [1.82, 2.24) is 5.32 Å². The highest BCUT2D eigenvalue weighted by atomic mass is 32.1. The van der Waals surface area contributed by atoms with Crippen LogP contribution >= 0.6 is 11.3 Å². The van der Waals surface area contributed by atoms with Crippen molar-refractivity contribution in [1.29, 1.82) is 0 Å². The number of nitrogens with one attached hydrogen (secondary N) is 1. The minimum Gasteiger partial charge on any atom is -0.454 e. The number of ether oxygens (including phenoxy) is 1. The van der Waals surface area contributed by atoms with Crippen molar-refractivity contribution in [2.24, 2.45) is 0 Å². The van der Waals surface area contributed by atoms with Gasteiger partial charge in [0.25, 0.3) is 0 Å². The molecule has 0 saturated heterocycles. The molecule has 0 aliphatic heterocycles. The van der Waals surface area contributed by atoms with E-state index in [1.54, 1.807) is 18.2 Å². The van der Waals surface area contributed by atoms with Gasteiger partial charge in [-0.05, 0) is 50.1 Å². The summed E-state index contributed by atoms with van der Waals surface area (Å²) in [6, 6.07) is 8.84. The van der Waals surface area contributed by atoms with Crippen LogP contribution in [0.3, 0.4) is 0 Å². The Balaban J connectivity index is 1.84. The van der Waals surface area contributed by atoms with E-state index in [9.17, 15) is 19.2 Å². The van der Waals surface area contributed by atoms with Crippen molar-refractivity contribution in [3.63, 3.8) is 0 Å². The first kappa shape index (κ1) is 22.5. The standard InChI is InChI=1S/C22H25NO5S/c1-13-5-6-17(11-14(13)2)19(25)8-10-21(26)28-15(3)22(27)20-9-7-18(29-20)12-23-16(4)24/h5-7,9,11,15H,8,10,12H2,1-4H3,(H,23,24). The molecule has 0 saturated carbocycles. The molecule has 1 amide bonds. The maximum atomic E-state index is 12.4. The lowest BCUT2D eigenvalue weighted by molar-refractivity contribution is -0.146. The van der Waals surface area contributed by atoms with Gasteiger partial charge in [0.2, 0.25) is 11.7 Å². The molecule has 2 rings (SSSR count). The number of rotatable bonds is 9. The Labute approximate surface area is 174 Å². The Morgan fingerprint density at radius 1 is 1.03 bits per heavy atom. The van der Waals surface area contributed by atoms with Gasteiger partial charge in [0, 0.05) is 23.8 Å². The first-order valence-electron chi connectivity index (χ1n) is 9.34. The fraction of sp³-hybridized carbons (Fsp3) is 0.364. The van der Waals surface area contributed by atoms with Gasteiger partial charge < -0.3 is 10.1 Å². The summed E-state index contributed by atoms with van der Waals surface area (Å²) in [7, 11) is 0. The van der Waals surface area contributed by atoms with Gasteiger partial charge in [0.15, 0.2) is 11.9 Å². The lowest BCUT2D eigenvalue weighted by Gasteiger charge is -2.11. The third-order valence-electron chi connectivity index (χ3n) is 4.48. The maximum absolute atomic E-state index is 12.4. The summed E-state index contributed by atoms with van der Waals surface area (Å²) in [5.74, 6) is -1.18. The Morgan fingerprint density at radius 2 is 1.76 bits per heavy atom. The van der Waals surface area contributed by atoms with Gasteiger partial charge in [-0.25, -0.2) is 0 Å². The Bertz CT molecular complexity index is 931. The minimum absolute atomic E-state index is 0.0299. The number of thiophene rings is 1. The summed E-state index contributed by atoms with van der Waals surface area (Å²) in [4.78, 5) is 49.0. The van der Waals surface area contributed by atoms with Crippen molar-refractivity contribution in [2.75, 3.05) is 0 Å². The number of amides is 1. The van der Waals surface area contributed by atoms with Crippen LogP contribution < -0.4 is 5.32 Å². The van der Waals surface area contributed by atoms with E-state index < -0.39 is 12.1 Å². The summed E-state index contributed by atoms with van der Waals surface area (Å²) in [5.41, 5.74) is 2.68. The van der Waals surface area contributed by atoms with Crippen molar-refractivity contribution in [2.45, 2.75) is 53.2 Å². The van der Waals surface area contributed by atoms with Crippen molar-refractivity contribution >= 4 is 34.8 Å². The normalized spacial score (nSPS) is 11.6. The number of esters is 1. The quantitative estimate of drug-likeness (QED) is 0.497. The summed E-state index contributed by atoms with van der Waals surface area (Å²) >= 11 is 1.25. The number of benzene rings is 1. The molecule has 1 aromatic carbocycles. The lowest BCUT2D eigenvalue weighted by Crippen LogP contribution is -2.24. The van der Waals surface area contributed by atoms with Gasteiger partial charge in [-0.2, -0.15) is 0 Å². The third-order valence-corrected chi connectivity index (χ3v) is 5.58. The van der Waals surface area contributed by atoms with E-state index in [-0.39, 0.29) is 30.3 Å². The lowest BCUT2D eigenvalue weighted by atomic mass is 10.0. The van der Waals surface area contributed by atoms with Crippen molar-refractivity contribution in [3.8, 4) is 0 Å². The van der Waals surface area contributed by atoms with Crippen LogP contribution in [0.2, 0.25) is 0 Å². The van der Waals surface area contributed by atoms with Crippen molar-refractivity contribution in [3.05, 3.63) is 56.8 Å². The first-order chi connectivity index (χ1) is 13.7. The van der Waals surface area contributed by atoms with E-state index in [4.69, 9.17) is 4.74 Å². The number of hydrogen-bond donors (Lipinski definition) is 1. The maximum Gasteiger partial charge on any atom is 0.306 e. The predicted octanol–water partition coefficient (Wildman–Crippen LogP) is 3.78. The van der Waals surface area contributed by atoms with E-state index >= 15 is 0 Å². The predicted molar refractivity (Wildman–Crippen MR) is 111 cm³/mol. The van der Waals surface area contributed by atoms with Crippen LogP contribution in [0.1, 0.15) is 62.7 Å². The molecule has 2 aromatic rings. The minimum atomic E-state index is -0.938. The molecule has 29 heavy (non-hydrogen) atoms. The molecule has 0 spiro atoms. The van der Waals surface area contributed by atoms with Crippen LogP contribution in [0.5, 0.6) is 0 Å². The number of aryl methyl sites for hydroxylation is 2. The van der Waals surface area contributed by atoms with Crippen LogP contribution in [0, 0.1) is 13.8 Å². The zero-order valence-electron chi connectivity index (χ0n) is 17.0. The van der Waals surface area contributed by atoms with Crippen molar-refractivity contribution < 1.29 is 23.9 Å². The van der Waals surface area contributed by atoms with Gasteiger partial charge in [0.05, 0.1) is 17.8 Å². The van der Waals surface area contributed by atoms with E-state index in [2.05, 4.69) is 5.32 Å². The number of carbonyl (C=O) groups is 4. The van der Waals surface area contributed by atoms with Gasteiger partial charge in [0.1, 0.15) is 0 Å². The number of carbonyl (C=O) groups excluding carboxylic acids is 4. The monoisotopic (exact) mass is 415 g/mol. The smallest absolute Gasteiger partial charge is 0.306 e. The molecule has 7 heteroatoms. The molecular weight excluding hydrogens is 390 g/mol. The highest BCUT2D eigenvalue weighted by Gasteiger charge is 2.21. The second-order valence-electron chi connectivity index (χ2n) is 6.89. The fourth-order valence-electron chi connectivity index (χ4n) is 2.60.